The average Bonchev–Trinajstić information content (AvgIpc) is 1.81. The molecule has 0 aliphatic carbocycles. The first-order valence-electron chi connectivity index (χ1n) is 2.63. The zero-order valence-corrected chi connectivity index (χ0v) is 6.25. The van der Waals surface area contributed by atoms with Crippen LogP contribution in [0.15, 0.2) is 0 Å². The number of halogens is 5. The van der Waals surface area contributed by atoms with Crippen molar-refractivity contribution in [3.05, 3.63) is 0 Å². The van der Waals surface area contributed by atoms with Crippen LogP contribution in [0.1, 0.15) is 6.42 Å². The van der Waals surface area contributed by atoms with Gasteiger partial charge in [-0.2, -0.15) is 22.0 Å². The second-order valence-electron chi connectivity index (χ2n) is 1.86. The Kier molecular flexibility index (Phi) is 3.43. The van der Waals surface area contributed by atoms with E-state index in [4.69, 9.17) is 4.80 Å². The zero-order valence-electron chi connectivity index (χ0n) is 5.25. The standard InChI is InChI=1S/C4H5F5OSi/c5-3(6,1-2-11-10)4(7,8)9/h10H,1-2H2. The zero-order chi connectivity index (χ0) is 9.12. The van der Waals surface area contributed by atoms with Crippen molar-refractivity contribution < 1.29 is 26.7 Å². The van der Waals surface area contributed by atoms with E-state index in [0.29, 0.717) is 0 Å². The molecule has 0 atom stereocenters. The minimum absolute atomic E-state index is 0.521. The van der Waals surface area contributed by atoms with Gasteiger partial charge in [0.15, 0.2) is 0 Å². The van der Waals surface area contributed by atoms with E-state index in [1.54, 1.807) is 0 Å². The van der Waals surface area contributed by atoms with Crippen LogP contribution in [0.25, 0.3) is 0 Å². The molecule has 0 amide bonds. The topological polar surface area (TPSA) is 20.2 Å². The third kappa shape index (κ3) is 3.15. The van der Waals surface area contributed by atoms with Crippen molar-refractivity contribution in [2.24, 2.45) is 0 Å². The molecule has 2 radical (unpaired) electrons. The van der Waals surface area contributed by atoms with Crippen molar-refractivity contribution in [1.29, 1.82) is 0 Å². The molecule has 1 N–H and O–H groups in total. The lowest BCUT2D eigenvalue weighted by Crippen LogP contribution is -2.36. The van der Waals surface area contributed by atoms with Gasteiger partial charge in [0.05, 0.1) is 0 Å². The predicted molar refractivity (Wildman–Crippen MR) is 28.4 cm³/mol. The molecule has 1 nitrogen and oxygen atoms in total. The van der Waals surface area contributed by atoms with Gasteiger partial charge < -0.3 is 4.80 Å². The first-order valence-corrected chi connectivity index (χ1v) is 3.78. The van der Waals surface area contributed by atoms with Gasteiger partial charge >= 0.3 is 12.1 Å². The molecule has 11 heavy (non-hydrogen) atoms. The van der Waals surface area contributed by atoms with Crippen LogP contribution in [0.4, 0.5) is 22.0 Å². The molecule has 0 bridgehead atoms. The van der Waals surface area contributed by atoms with Crippen LogP contribution < -0.4 is 0 Å². The van der Waals surface area contributed by atoms with E-state index in [2.05, 4.69) is 0 Å². The second kappa shape index (κ2) is 3.48. The molecule has 0 saturated heterocycles. The molecule has 0 aliphatic heterocycles. The molecule has 0 aromatic heterocycles. The fraction of sp³-hybridized carbons (Fsp3) is 1.00. The van der Waals surface area contributed by atoms with Gasteiger partial charge in [0.1, 0.15) is 0 Å². The highest BCUT2D eigenvalue weighted by Gasteiger charge is 2.56. The Bertz CT molecular complexity index is 122. The summed E-state index contributed by atoms with van der Waals surface area (Å²) < 4.78 is 57.8. The van der Waals surface area contributed by atoms with Gasteiger partial charge in [0.25, 0.3) is 0 Å². The summed E-state index contributed by atoms with van der Waals surface area (Å²) in [7, 11) is -0.870. The smallest absolute Gasteiger partial charge is 0.432 e. The predicted octanol–water partition coefficient (Wildman–Crippen LogP) is 1.60. The van der Waals surface area contributed by atoms with Crippen molar-refractivity contribution in [2.75, 3.05) is 0 Å². The lowest BCUT2D eigenvalue weighted by molar-refractivity contribution is -0.282. The number of hydrogen-bond donors (Lipinski definition) is 1. The molecule has 0 spiro atoms. The Morgan fingerprint density at radius 1 is 1.09 bits per heavy atom. The van der Waals surface area contributed by atoms with Crippen LogP contribution >= 0.6 is 0 Å². The summed E-state index contributed by atoms with van der Waals surface area (Å²) in [6.45, 7) is 0. The number of hydrogen-bond acceptors (Lipinski definition) is 1. The van der Waals surface area contributed by atoms with Crippen molar-refractivity contribution in [3.8, 4) is 0 Å². The van der Waals surface area contributed by atoms with Crippen molar-refractivity contribution in [1.82, 2.24) is 0 Å². The Labute approximate surface area is 62.2 Å². The first-order chi connectivity index (χ1) is 4.81. The van der Waals surface area contributed by atoms with Crippen molar-refractivity contribution >= 4 is 9.76 Å². The molecular weight excluding hydrogens is 187 g/mol. The molecular formula is C4H5F5OSi. The molecule has 0 heterocycles. The average molecular weight is 192 g/mol. The summed E-state index contributed by atoms with van der Waals surface area (Å²) in [4.78, 5) is 8.02. The van der Waals surface area contributed by atoms with Gasteiger partial charge in [-0.25, -0.2) is 0 Å². The van der Waals surface area contributed by atoms with Gasteiger partial charge in [0.2, 0.25) is 9.76 Å². The normalized spacial score (nSPS) is 13.6. The van der Waals surface area contributed by atoms with E-state index in [1.165, 1.54) is 0 Å². The highest BCUT2D eigenvalue weighted by Crippen LogP contribution is 2.38. The summed E-state index contributed by atoms with van der Waals surface area (Å²) in [5.74, 6) is -4.66. The highest BCUT2D eigenvalue weighted by atomic mass is 28.2. The van der Waals surface area contributed by atoms with Crippen LogP contribution in [0, 0.1) is 0 Å². The maximum absolute atomic E-state index is 11.9. The first kappa shape index (κ1) is 10.8. The maximum Gasteiger partial charge on any atom is 0.453 e. The van der Waals surface area contributed by atoms with Gasteiger partial charge in [-0.3, -0.25) is 0 Å². The van der Waals surface area contributed by atoms with Gasteiger partial charge in [-0.05, 0) is 6.04 Å². The van der Waals surface area contributed by atoms with E-state index in [0.717, 1.165) is 0 Å². The van der Waals surface area contributed by atoms with Crippen LogP contribution in [0.2, 0.25) is 6.04 Å². The summed E-state index contributed by atoms with van der Waals surface area (Å²) in [5.41, 5.74) is 0. The largest absolute Gasteiger partial charge is 0.453 e. The SMILES string of the molecule is O[Si]CCC(F)(F)C(F)(F)F. The van der Waals surface area contributed by atoms with Gasteiger partial charge in [-0.15, -0.1) is 0 Å². The molecule has 0 fully saturated rings. The Morgan fingerprint density at radius 3 is 1.82 bits per heavy atom. The quantitative estimate of drug-likeness (QED) is 0.532. The summed E-state index contributed by atoms with van der Waals surface area (Å²) in [6, 6.07) is -0.521. The fourth-order valence-electron chi connectivity index (χ4n) is 0.355. The lowest BCUT2D eigenvalue weighted by Gasteiger charge is -2.18. The monoisotopic (exact) mass is 192 g/mol. The Balaban J connectivity index is 4.00. The third-order valence-corrected chi connectivity index (χ3v) is 1.44. The molecule has 0 aliphatic rings. The van der Waals surface area contributed by atoms with Crippen LogP contribution in [-0.2, 0) is 0 Å². The lowest BCUT2D eigenvalue weighted by atomic mass is 10.2. The van der Waals surface area contributed by atoms with E-state index in [1.807, 2.05) is 0 Å². The molecule has 0 unspecified atom stereocenters. The van der Waals surface area contributed by atoms with E-state index in [9.17, 15) is 22.0 Å². The third-order valence-electron chi connectivity index (χ3n) is 0.966. The fourth-order valence-corrected chi connectivity index (χ4v) is 0.780. The minimum atomic E-state index is -5.49. The van der Waals surface area contributed by atoms with Crippen LogP contribution in [0.3, 0.4) is 0 Å². The van der Waals surface area contributed by atoms with E-state index < -0.39 is 34.3 Å². The Hall–Kier alpha value is -0.173. The molecule has 66 valence electrons. The van der Waals surface area contributed by atoms with Crippen LogP contribution in [0.5, 0.6) is 0 Å². The molecule has 0 aromatic rings. The number of rotatable bonds is 3. The minimum Gasteiger partial charge on any atom is -0.432 e. The summed E-state index contributed by atoms with van der Waals surface area (Å²) >= 11 is 0. The Morgan fingerprint density at radius 2 is 1.55 bits per heavy atom. The second-order valence-corrected chi connectivity index (χ2v) is 2.68. The molecule has 0 saturated carbocycles. The number of alkyl halides is 5. The van der Waals surface area contributed by atoms with Gasteiger partial charge in [-0.1, -0.05) is 0 Å². The van der Waals surface area contributed by atoms with Crippen LogP contribution in [-0.4, -0.2) is 26.7 Å². The molecule has 0 aromatic carbocycles. The summed E-state index contributed by atoms with van der Waals surface area (Å²) in [5, 5.41) is 0. The van der Waals surface area contributed by atoms with E-state index >= 15 is 0 Å². The molecule has 7 heteroatoms. The van der Waals surface area contributed by atoms with Gasteiger partial charge in [0, 0.05) is 6.42 Å². The van der Waals surface area contributed by atoms with E-state index in [-0.39, 0.29) is 0 Å². The molecule has 0 rings (SSSR count). The maximum atomic E-state index is 11.9. The van der Waals surface area contributed by atoms with Crippen molar-refractivity contribution in [3.63, 3.8) is 0 Å². The summed E-state index contributed by atoms with van der Waals surface area (Å²) in [6.07, 6.45) is -6.84. The highest BCUT2D eigenvalue weighted by molar-refractivity contribution is 6.25. The van der Waals surface area contributed by atoms with Crippen molar-refractivity contribution in [2.45, 2.75) is 24.6 Å².